The minimum Gasteiger partial charge on any atom is -0.497 e. The Morgan fingerprint density at radius 3 is 2.43 bits per heavy atom. The van der Waals surface area contributed by atoms with Crippen LogP contribution < -0.4 is 15.2 Å². The van der Waals surface area contributed by atoms with Crippen LogP contribution in [0.5, 0.6) is 5.75 Å². The van der Waals surface area contributed by atoms with Gasteiger partial charge in [-0.1, -0.05) is 28.1 Å². The first-order valence-electron chi connectivity index (χ1n) is 6.10. The van der Waals surface area contributed by atoms with Gasteiger partial charge in [-0.05, 0) is 35.9 Å². The number of ether oxygens (including phenoxy) is 1. The van der Waals surface area contributed by atoms with Crippen LogP contribution in [0.1, 0.15) is 5.56 Å². The van der Waals surface area contributed by atoms with E-state index in [1.54, 1.807) is 43.5 Å². The maximum Gasteiger partial charge on any atom is 0.242 e. The van der Waals surface area contributed by atoms with E-state index < -0.39 is 10.0 Å². The molecule has 0 fully saturated rings. The third-order valence-electron chi connectivity index (χ3n) is 2.89. The number of nitrogens with two attached hydrogens (primary N) is 1. The molecule has 0 spiro atoms. The summed E-state index contributed by atoms with van der Waals surface area (Å²) >= 11 is 3.25. The molecule has 0 bridgehead atoms. The quantitative estimate of drug-likeness (QED) is 0.792. The number of halogens is 1. The Balaban J connectivity index is 2.13. The van der Waals surface area contributed by atoms with Crippen molar-refractivity contribution >= 4 is 31.6 Å². The van der Waals surface area contributed by atoms with E-state index in [1.165, 1.54) is 6.07 Å². The summed E-state index contributed by atoms with van der Waals surface area (Å²) < 4.78 is 32.8. The molecule has 0 saturated carbocycles. The van der Waals surface area contributed by atoms with Crippen LogP contribution in [-0.2, 0) is 16.6 Å². The van der Waals surface area contributed by atoms with Gasteiger partial charge in [0, 0.05) is 11.0 Å². The maximum absolute atomic E-state index is 12.2. The highest BCUT2D eigenvalue weighted by molar-refractivity contribution is 9.10. The van der Waals surface area contributed by atoms with Gasteiger partial charge in [0.25, 0.3) is 0 Å². The minimum atomic E-state index is -3.65. The summed E-state index contributed by atoms with van der Waals surface area (Å²) in [6, 6.07) is 11.8. The summed E-state index contributed by atoms with van der Waals surface area (Å²) in [7, 11) is -2.07. The smallest absolute Gasteiger partial charge is 0.242 e. The number of anilines is 1. The summed E-state index contributed by atoms with van der Waals surface area (Å²) in [5, 5.41) is 0. The Morgan fingerprint density at radius 2 is 1.86 bits per heavy atom. The summed E-state index contributed by atoms with van der Waals surface area (Å²) in [4.78, 5) is 0.0687. The highest BCUT2D eigenvalue weighted by Gasteiger charge is 2.17. The molecule has 2 rings (SSSR count). The largest absolute Gasteiger partial charge is 0.497 e. The summed E-state index contributed by atoms with van der Waals surface area (Å²) in [6.07, 6.45) is 0. The number of sulfonamides is 1. The zero-order chi connectivity index (χ0) is 15.5. The molecule has 0 radical (unpaired) electrons. The van der Waals surface area contributed by atoms with Gasteiger partial charge >= 0.3 is 0 Å². The monoisotopic (exact) mass is 370 g/mol. The molecule has 7 heteroatoms. The van der Waals surface area contributed by atoms with E-state index in [1.807, 2.05) is 0 Å². The molecule has 112 valence electrons. The molecule has 0 amide bonds. The van der Waals surface area contributed by atoms with Crippen LogP contribution in [0.3, 0.4) is 0 Å². The second-order valence-corrected chi connectivity index (χ2v) is 7.01. The van der Waals surface area contributed by atoms with E-state index in [9.17, 15) is 8.42 Å². The van der Waals surface area contributed by atoms with Crippen molar-refractivity contribution in [1.82, 2.24) is 4.72 Å². The Morgan fingerprint density at radius 1 is 1.19 bits per heavy atom. The van der Waals surface area contributed by atoms with E-state index in [0.29, 0.717) is 0 Å². The minimum absolute atomic E-state index is 0.0687. The number of rotatable bonds is 5. The van der Waals surface area contributed by atoms with E-state index in [-0.39, 0.29) is 17.1 Å². The van der Waals surface area contributed by atoms with Gasteiger partial charge in [0.05, 0.1) is 12.8 Å². The molecule has 2 aromatic carbocycles. The number of hydrogen-bond donors (Lipinski definition) is 2. The van der Waals surface area contributed by atoms with Crippen molar-refractivity contribution in [2.45, 2.75) is 11.4 Å². The lowest BCUT2D eigenvalue weighted by atomic mass is 10.2. The van der Waals surface area contributed by atoms with Crippen LogP contribution in [0.25, 0.3) is 0 Å². The van der Waals surface area contributed by atoms with E-state index >= 15 is 0 Å². The number of nitrogen functional groups attached to an aromatic ring is 1. The lowest BCUT2D eigenvalue weighted by Crippen LogP contribution is -2.24. The van der Waals surface area contributed by atoms with Crippen molar-refractivity contribution in [3.05, 3.63) is 52.5 Å². The number of nitrogens with one attached hydrogen (secondary N) is 1. The molecule has 0 saturated heterocycles. The molecule has 0 aliphatic carbocycles. The molecular formula is C14H15BrN2O3S. The predicted molar refractivity (Wildman–Crippen MR) is 85.6 cm³/mol. The summed E-state index contributed by atoms with van der Waals surface area (Å²) in [6.45, 7) is 0.182. The molecule has 0 heterocycles. The predicted octanol–water partition coefficient (Wildman–Crippen LogP) is 2.52. The third kappa shape index (κ3) is 3.96. The van der Waals surface area contributed by atoms with Crippen LogP contribution in [0.15, 0.2) is 51.8 Å². The van der Waals surface area contributed by atoms with Gasteiger partial charge in [-0.3, -0.25) is 0 Å². The Kier molecular flexibility index (Phi) is 4.87. The molecule has 2 aromatic rings. The Bertz CT molecular complexity index is 730. The second-order valence-electron chi connectivity index (χ2n) is 4.35. The normalized spacial score (nSPS) is 11.3. The van der Waals surface area contributed by atoms with E-state index in [2.05, 4.69) is 20.7 Å². The maximum atomic E-state index is 12.2. The third-order valence-corrected chi connectivity index (χ3v) is 4.86. The molecule has 0 atom stereocenters. The van der Waals surface area contributed by atoms with E-state index in [0.717, 1.165) is 15.8 Å². The zero-order valence-corrected chi connectivity index (χ0v) is 13.7. The van der Waals surface area contributed by atoms with Gasteiger partial charge in [0.2, 0.25) is 10.0 Å². The molecule has 0 aliphatic rings. The first kappa shape index (κ1) is 15.8. The average Bonchev–Trinajstić information content (AvgIpc) is 2.45. The van der Waals surface area contributed by atoms with Crippen LogP contribution in [0.2, 0.25) is 0 Å². The fourth-order valence-electron chi connectivity index (χ4n) is 1.76. The van der Waals surface area contributed by atoms with Crippen molar-refractivity contribution in [3.8, 4) is 5.75 Å². The van der Waals surface area contributed by atoms with Crippen LogP contribution in [0.4, 0.5) is 5.69 Å². The lowest BCUT2D eigenvalue weighted by Gasteiger charge is -2.10. The van der Waals surface area contributed by atoms with Gasteiger partial charge < -0.3 is 10.5 Å². The van der Waals surface area contributed by atoms with Crippen molar-refractivity contribution in [1.29, 1.82) is 0 Å². The highest BCUT2D eigenvalue weighted by Crippen LogP contribution is 2.22. The lowest BCUT2D eigenvalue weighted by molar-refractivity contribution is 0.414. The molecule has 5 nitrogen and oxygen atoms in total. The van der Waals surface area contributed by atoms with Crippen LogP contribution >= 0.6 is 15.9 Å². The molecule has 21 heavy (non-hydrogen) atoms. The van der Waals surface area contributed by atoms with Crippen molar-refractivity contribution in [3.63, 3.8) is 0 Å². The highest BCUT2D eigenvalue weighted by atomic mass is 79.9. The Hall–Kier alpha value is -1.57. The van der Waals surface area contributed by atoms with E-state index in [4.69, 9.17) is 10.5 Å². The molecule has 0 unspecified atom stereocenters. The number of hydrogen-bond acceptors (Lipinski definition) is 4. The van der Waals surface area contributed by atoms with Gasteiger partial charge in [-0.25, -0.2) is 13.1 Å². The first-order chi connectivity index (χ1) is 9.92. The van der Waals surface area contributed by atoms with Crippen molar-refractivity contribution < 1.29 is 13.2 Å². The van der Waals surface area contributed by atoms with Crippen molar-refractivity contribution in [2.75, 3.05) is 12.8 Å². The fraction of sp³-hybridized carbons (Fsp3) is 0.143. The van der Waals surface area contributed by atoms with Gasteiger partial charge in [-0.2, -0.15) is 0 Å². The number of benzene rings is 2. The molecule has 0 aliphatic heterocycles. The van der Waals surface area contributed by atoms with Gasteiger partial charge in [-0.15, -0.1) is 0 Å². The molecular weight excluding hydrogens is 356 g/mol. The SMILES string of the molecule is COc1ccc(CNS(=O)(=O)c2ccc(Br)cc2N)cc1. The second kappa shape index (κ2) is 6.46. The molecule has 3 N–H and O–H groups in total. The standard InChI is InChI=1S/C14H15BrN2O3S/c1-20-12-5-2-10(3-6-12)9-17-21(18,19)14-7-4-11(15)8-13(14)16/h2-8,17H,9,16H2,1H3. The van der Waals surface area contributed by atoms with Gasteiger partial charge in [0.15, 0.2) is 0 Å². The molecule has 0 aromatic heterocycles. The Labute approximate surface area is 132 Å². The average molecular weight is 371 g/mol. The summed E-state index contributed by atoms with van der Waals surface area (Å²) in [5.74, 6) is 0.721. The van der Waals surface area contributed by atoms with Gasteiger partial charge in [0.1, 0.15) is 10.6 Å². The zero-order valence-electron chi connectivity index (χ0n) is 11.3. The van der Waals surface area contributed by atoms with Crippen molar-refractivity contribution in [2.24, 2.45) is 0 Å². The van der Waals surface area contributed by atoms with Crippen LogP contribution in [0, 0.1) is 0 Å². The van der Waals surface area contributed by atoms with Crippen LogP contribution in [-0.4, -0.2) is 15.5 Å². The fourth-order valence-corrected chi connectivity index (χ4v) is 3.27. The topological polar surface area (TPSA) is 81.4 Å². The first-order valence-corrected chi connectivity index (χ1v) is 8.37. The summed E-state index contributed by atoms with van der Waals surface area (Å²) in [5.41, 5.74) is 6.78. The number of methoxy groups -OCH3 is 1.